The first kappa shape index (κ1) is 33.0. The van der Waals surface area contributed by atoms with Gasteiger partial charge in [0.1, 0.15) is 23.4 Å². The molecule has 2 unspecified atom stereocenters. The summed E-state index contributed by atoms with van der Waals surface area (Å²) < 4.78 is 5.37. The van der Waals surface area contributed by atoms with Crippen molar-refractivity contribution in [2.24, 2.45) is 0 Å². The number of carbonyl (C=O) groups excluding carboxylic acids is 3. The van der Waals surface area contributed by atoms with Gasteiger partial charge in [-0.05, 0) is 51.8 Å². The van der Waals surface area contributed by atoms with Crippen LogP contribution in [0, 0.1) is 6.92 Å². The lowest BCUT2D eigenvalue weighted by Crippen LogP contribution is -2.53. The number of rotatable bonds is 14. The van der Waals surface area contributed by atoms with Crippen molar-refractivity contribution in [3.8, 4) is 5.75 Å². The molecular formula is C31H45N3O5S. The van der Waals surface area contributed by atoms with Crippen molar-refractivity contribution in [2.45, 2.75) is 90.8 Å². The molecule has 2 rings (SSSR count). The summed E-state index contributed by atoms with van der Waals surface area (Å²) in [6.45, 7) is 9.49. The third-order valence-corrected chi connectivity index (χ3v) is 6.77. The first-order chi connectivity index (χ1) is 19.0. The fourth-order valence-electron chi connectivity index (χ4n) is 4.35. The summed E-state index contributed by atoms with van der Waals surface area (Å²) in [5, 5.41) is 16.4. The zero-order valence-electron chi connectivity index (χ0n) is 24.4. The Morgan fingerprint density at radius 1 is 0.975 bits per heavy atom. The smallest absolute Gasteiger partial charge is 0.408 e. The van der Waals surface area contributed by atoms with Gasteiger partial charge in [-0.15, -0.1) is 0 Å². The van der Waals surface area contributed by atoms with E-state index in [-0.39, 0.29) is 18.0 Å². The molecule has 3 N–H and O–H groups in total. The van der Waals surface area contributed by atoms with Crippen LogP contribution in [0.1, 0.15) is 83.4 Å². The number of benzene rings is 2. The van der Waals surface area contributed by atoms with E-state index < -0.39 is 35.6 Å². The molecule has 0 fully saturated rings. The lowest BCUT2D eigenvalue weighted by molar-refractivity contribution is -0.140. The first-order valence-corrected chi connectivity index (χ1v) is 14.7. The maximum atomic E-state index is 14.0. The lowest BCUT2D eigenvalue weighted by atomic mass is 10.0. The van der Waals surface area contributed by atoms with Crippen molar-refractivity contribution < 1.29 is 24.2 Å². The standard InChI is InChI=1S/C31H45N3O5S/c1-6-7-8-9-10-15-20-34(29(37)25(21-40)33-30(38)39-31(3,4)5)27(23-17-12-14-19-26(23)35)28(36)32-24-18-13-11-16-22(24)2/h11-14,16-19,25,27,35,40H,6-10,15,20-21H2,1-5H3,(H,32,36)(H,33,38). The molecule has 0 aromatic heterocycles. The Balaban J connectivity index is 2.46. The maximum absolute atomic E-state index is 14.0. The number of nitrogens with zero attached hydrogens (tertiary/aromatic N) is 1. The number of hydrogen-bond donors (Lipinski definition) is 4. The number of aromatic hydroxyl groups is 1. The fourth-order valence-corrected chi connectivity index (χ4v) is 4.60. The van der Waals surface area contributed by atoms with E-state index in [1.807, 2.05) is 25.1 Å². The summed E-state index contributed by atoms with van der Waals surface area (Å²) in [7, 11) is 0. The van der Waals surface area contributed by atoms with Crippen LogP contribution in [0.4, 0.5) is 10.5 Å². The van der Waals surface area contributed by atoms with Gasteiger partial charge in [-0.3, -0.25) is 9.59 Å². The first-order valence-electron chi connectivity index (χ1n) is 14.0. The molecule has 0 aliphatic carbocycles. The predicted molar refractivity (Wildman–Crippen MR) is 163 cm³/mol. The number of amides is 3. The summed E-state index contributed by atoms with van der Waals surface area (Å²) in [5.74, 6) is -1.05. The molecule has 0 saturated carbocycles. The van der Waals surface area contributed by atoms with Gasteiger partial charge in [0.25, 0.3) is 5.91 Å². The largest absolute Gasteiger partial charge is 0.508 e. The highest BCUT2D eigenvalue weighted by Gasteiger charge is 2.37. The van der Waals surface area contributed by atoms with E-state index in [0.717, 1.165) is 37.7 Å². The quantitative estimate of drug-likeness (QED) is 0.155. The van der Waals surface area contributed by atoms with Crippen molar-refractivity contribution in [3.05, 3.63) is 59.7 Å². The van der Waals surface area contributed by atoms with Crippen molar-refractivity contribution in [2.75, 3.05) is 17.6 Å². The van der Waals surface area contributed by atoms with Crippen LogP contribution in [0.5, 0.6) is 5.75 Å². The summed E-state index contributed by atoms with van der Waals surface area (Å²) in [5.41, 5.74) is 1.01. The highest BCUT2D eigenvalue weighted by molar-refractivity contribution is 7.80. The van der Waals surface area contributed by atoms with E-state index in [2.05, 4.69) is 30.2 Å². The molecule has 220 valence electrons. The number of nitrogens with one attached hydrogen (secondary N) is 2. The summed E-state index contributed by atoms with van der Waals surface area (Å²) in [6.07, 6.45) is 5.16. The van der Waals surface area contributed by atoms with Crippen LogP contribution in [0.25, 0.3) is 0 Å². The summed E-state index contributed by atoms with van der Waals surface area (Å²) in [4.78, 5) is 42.0. The molecule has 0 aliphatic heterocycles. The number of ether oxygens (including phenoxy) is 1. The number of anilines is 1. The number of aryl methyl sites for hydroxylation is 1. The van der Waals surface area contributed by atoms with Gasteiger partial charge in [0.15, 0.2) is 0 Å². The minimum Gasteiger partial charge on any atom is -0.508 e. The minimum atomic E-state index is -1.15. The van der Waals surface area contributed by atoms with Gasteiger partial charge >= 0.3 is 6.09 Å². The number of unbranched alkanes of at least 4 members (excludes halogenated alkanes) is 5. The molecular weight excluding hydrogens is 526 g/mol. The second-order valence-electron chi connectivity index (χ2n) is 10.9. The van der Waals surface area contributed by atoms with Gasteiger partial charge in [-0.2, -0.15) is 12.6 Å². The molecule has 3 amide bonds. The van der Waals surface area contributed by atoms with Crippen molar-refractivity contribution in [1.29, 1.82) is 0 Å². The molecule has 0 heterocycles. The van der Waals surface area contributed by atoms with Crippen LogP contribution in [-0.4, -0.2) is 51.9 Å². The topological polar surface area (TPSA) is 108 Å². The summed E-state index contributed by atoms with van der Waals surface area (Å²) >= 11 is 4.34. The third kappa shape index (κ3) is 10.4. The molecule has 8 nitrogen and oxygen atoms in total. The molecule has 2 aromatic rings. The van der Waals surface area contributed by atoms with E-state index in [0.29, 0.717) is 17.7 Å². The van der Waals surface area contributed by atoms with E-state index >= 15 is 0 Å². The zero-order chi connectivity index (χ0) is 29.7. The Labute approximate surface area is 244 Å². The third-order valence-electron chi connectivity index (χ3n) is 6.40. The Kier molecular flexibility index (Phi) is 13.3. The fraction of sp³-hybridized carbons (Fsp3) is 0.516. The van der Waals surface area contributed by atoms with Gasteiger partial charge in [-0.25, -0.2) is 4.79 Å². The number of phenols is 1. The van der Waals surface area contributed by atoms with Crippen molar-refractivity contribution in [1.82, 2.24) is 10.2 Å². The van der Waals surface area contributed by atoms with E-state index in [1.165, 1.54) is 11.0 Å². The number of phenolic OH excluding ortho intramolecular Hbond substituents is 1. The maximum Gasteiger partial charge on any atom is 0.408 e. The Morgan fingerprint density at radius 2 is 1.60 bits per heavy atom. The second-order valence-corrected chi connectivity index (χ2v) is 11.3. The highest BCUT2D eigenvalue weighted by atomic mass is 32.1. The average molecular weight is 572 g/mol. The van der Waals surface area contributed by atoms with E-state index in [9.17, 15) is 19.5 Å². The average Bonchev–Trinajstić information content (AvgIpc) is 2.89. The monoisotopic (exact) mass is 571 g/mol. The Hall–Kier alpha value is -3.20. The molecule has 9 heteroatoms. The molecule has 0 aliphatic rings. The van der Waals surface area contributed by atoms with Gasteiger partial charge in [0, 0.05) is 23.5 Å². The van der Waals surface area contributed by atoms with Crippen LogP contribution in [0.15, 0.2) is 48.5 Å². The number of thiol groups is 1. The van der Waals surface area contributed by atoms with Crippen LogP contribution < -0.4 is 10.6 Å². The number of hydrogen-bond acceptors (Lipinski definition) is 6. The normalized spacial score (nSPS) is 12.8. The molecule has 0 saturated heterocycles. The van der Waals surface area contributed by atoms with Crippen molar-refractivity contribution >= 4 is 36.2 Å². The number of alkyl carbamates (subject to hydrolysis) is 1. The Morgan fingerprint density at radius 3 is 2.23 bits per heavy atom. The SMILES string of the molecule is CCCCCCCCN(C(=O)C(CS)NC(=O)OC(C)(C)C)C(C(=O)Nc1ccccc1C)c1ccccc1O. The minimum absolute atomic E-state index is 0.00200. The van der Waals surface area contributed by atoms with Gasteiger partial charge in [0.2, 0.25) is 5.91 Å². The van der Waals surface area contributed by atoms with Crippen LogP contribution in [-0.2, 0) is 14.3 Å². The van der Waals surface area contributed by atoms with Crippen LogP contribution in [0.3, 0.4) is 0 Å². The summed E-state index contributed by atoms with van der Waals surface area (Å²) in [6, 6.07) is 11.7. The highest BCUT2D eigenvalue weighted by Crippen LogP contribution is 2.31. The van der Waals surface area contributed by atoms with Gasteiger partial charge in [0.05, 0.1) is 0 Å². The molecule has 0 bridgehead atoms. The number of para-hydroxylation sites is 2. The molecule has 0 radical (unpaired) electrons. The molecule has 40 heavy (non-hydrogen) atoms. The van der Waals surface area contributed by atoms with E-state index in [4.69, 9.17) is 4.74 Å². The molecule has 2 atom stereocenters. The Bertz CT molecular complexity index is 1120. The van der Waals surface area contributed by atoms with Crippen LogP contribution in [0.2, 0.25) is 0 Å². The van der Waals surface area contributed by atoms with Crippen molar-refractivity contribution in [3.63, 3.8) is 0 Å². The van der Waals surface area contributed by atoms with Gasteiger partial charge in [-0.1, -0.05) is 75.4 Å². The number of carbonyl (C=O) groups is 3. The van der Waals surface area contributed by atoms with E-state index in [1.54, 1.807) is 45.0 Å². The van der Waals surface area contributed by atoms with Crippen LogP contribution >= 0.6 is 12.6 Å². The second kappa shape index (κ2) is 16.2. The van der Waals surface area contributed by atoms with Gasteiger partial charge < -0.3 is 25.4 Å². The predicted octanol–water partition coefficient (Wildman–Crippen LogP) is 6.39. The zero-order valence-corrected chi connectivity index (χ0v) is 25.3. The lowest BCUT2D eigenvalue weighted by Gasteiger charge is -2.34. The molecule has 2 aromatic carbocycles. The molecule has 0 spiro atoms.